The minimum absolute atomic E-state index is 0.289. The van der Waals surface area contributed by atoms with Gasteiger partial charge in [0.15, 0.2) is 5.90 Å². The number of hydrogen-bond acceptors (Lipinski definition) is 2. The van der Waals surface area contributed by atoms with Crippen LogP contribution in [0.1, 0.15) is 13.8 Å². The molecule has 0 heterocycles. The van der Waals surface area contributed by atoms with Gasteiger partial charge in [0.25, 0.3) is 0 Å². The molecule has 0 radical (unpaired) electrons. The molecule has 0 aromatic carbocycles. The highest BCUT2D eigenvalue weighted by molar-refractivity contribution is 5.69. The van der Waals surface area contributed by atoms with E-state index in [4.69, 9.17) is 5.41 Å². The molecule has 0 rings (SSSR count). The second-order valence-electron chi connectivity index (χ2n) is 0.989. The standard InChI is InChI=1S/C4H9NO/c1-3-6-4(2)5/h5H,3H2,1-2H3/i2+1,4+1. The summed E-state index contributed by atoms with van der Waals surface area (Å²) in [7, 11) is 0. The van der Waals surface area contributed by atoms with Crippen molar-refractivity contribution in [3.8, 4) is 0 Å². The zero-order chi connectivity index (χ0) is 4.99. The minimum Gasteiger partial charge on any atom is -0.482 e. The summed E-state index contributed by atoms with van der Waals surface area (Å²) in [6, 6.07) is 0. The Morgan fingerprint density at radius 3 is 2.33 bits per heavy atom. The highest BCUT2D eigenvalue weighted by Gasteiger charge is 1.75. The van der Waals surface area contributed by atoms with E-state index in [2.05, 4.69) is 4.74 Å². The van der Waals surface area contributed by atoms with Crippen LogP contribution in [0.15, 0.2) is 0 Å². The first kappa shape index (κ1) is 5.47. The molecule has 0 spiro atoms. The number of nitrogens with one attached hydrogen (secondary N) is 1. The molecule has 0 saturated heterocycles. The molecule has 0 aliphatic carbocycles. The van der Waals surface area contributed by atoms with E-state index in [1.807, 2.05) is 6.92 Å². The van der Waals surface area contributed by atoms with Gasteiger partial charge in [-0.3, -0.25) is 5.41 Å². The number of hydrogen-bond donors (Lipinski definition) is 1. The van der Waals surface area contributed by atoms with Crippen molar-refractivity contribution in [1.29, 1.82) is 5.41 Å². The first-order valence-corrected chi connectivity index (χ1v) is 1.95. The fourth-order valence-corrected chi connectivity index (χ4v) is 0.217. The van der Waals surface area contributed by atoms with E-state index in [1.54, 1.807) is 6.92 Å². The van der Waals surface area contributed by atoms with Crippen molar-refractivity contribution in [3.05, 3.63) is 0 Å². The molecule has 0 saturated carbocycles. The summed E-state index contributed by atoms with van der Waals surface area (Å²) in [4.78, 5) is 0. The fourth-order valence-electron chi connectivity index (χ4n) is 0.217. The van der Waals surface area contributed by atoms with Gasteiger partial charge in [0.1, 0.15) is 0 Å². The van der Waals surface area contributed by atoms with E-state index >= 15 is 0 Å². The van der Waals surface area contributed by atoms with Gasteiger partial charge >= 0.3 is 0 Å². The van der Waals surface area contributed by atoms with Gasteiger partial charge in [-0.25, -0.2) is 0 Å². The Morgan fingerprint density at radius 1 is 1.83 bits per heavy atom. The van der Waals surface area contributed by atoms with Crippen LogP contribution in [0.3, 0.4) is 0 Å². The molecule has 0 aromatic rings. The molecule has 6 heavy (non-hydrogen) atoms. The lowest BCUT2D eigenvalue weighted by Gasteiger charge is -1.93. The highest BCUT2D eigenvalue weighted by atomic mass is 16.6. The van der Waals surface area contributed by atoms with Crippen molar-refractivity contribution in [2.75, 3.05) is 6.61 Å². The van der Waals surface area contributed by atoms with Gasteiger partial charge in [0.2, 0.25) is 0 Å². The molecule has 0 aromatic heterocycles. The van der Waals surface area contributed by atoms with E-state index < -0.39 is 0 Å². The smallest absolute Gasteiger partial charge is 0.177 e. The van der Waals surface area contributed by atoms with Gasteiger partial charge in [0.05, 0.1) is 6.61 Å². The van der Waals surface area contributed by atoms with Crippen molar-refractivity contribution in [2.24, 2.45) is 0 Å². The van der Waals surface area contributed by atoms with Crippen molar-refractivity contribution in [1.82, 2.24) is 0 Å². The van der Waals surface area contributed by atoms with Crippen LogP contribution in [-0.2, 0) is 4.74 Å². The summed E-state index contributed by atoms with van der Waals surface area (Å²) in [5, 5.41) is 6.67. The van der Waals surface area contributed by atoms with Gasteiger partial charge < -0.3 is 4.74 Å². The Morgan fingerprint density at radius 2 is 2.33 bits per heavy atom. The Bertz CT molecular complexity index is 51.5. The summed E-state index contributed by atoms with van der Waals surface area (Å²) in [6.45, 7) is 4.08. The van der Waals surface area contributed by atoms with Gasteiger partial charge in [-0.1, -0.05) is 0 Å². The fraction of sp³-hybridized carbons (Fsp3) is 0.750. The second-order valence-corrected chi connectivity index (χ2v) is 0.989. The van der Waals surface area contributed by atoms with Crippen LogP contribution in [0.4, 0.5) is 0 Å². The Hall–Kier alpha value is -0.530. The normalized spacial score (nSPS) is 7.67. The van der Waals surface area contributed by atoms with E-state index in [1.165, 1.54) is 0 Å². The van der Waals surface area contributed by atoms with Crippen LogP contribution in [-0.4, -0.2) is 12.5 Å². The first-order chi connectivity index (χ1) is 2.77. The molecule has 0 aliphatic rings. The molecule has 2 heteroatoms. The maximum absolute atomic E-state index is 6.67. The molecule has 1 N–H and O–H groups in total. The molecule has 0 aliphatic heterocycles. The largest absolute Gasteiger partial charge is 0.482 e. The minimum atomic E-state index is 0.289. The van der Waals surface area contributed by atoms with Crippen molar-refractivity contribution >= 4 is 5.90 Å². The van der Waals surface area contributed by atoms with E-state index in [9.17, 15) is 0 Å². The third kappa shape index (κ3) is 3.47. The molecule has 0 bridgehead atoms. The quantitative estimate of drug-likeness (QED) is 0.290. The lowest BCUT2D eigenvalue weighted by Crippen LogP contribution is -1.94. The molecular formula is C4H9NO. The molecule has 0 fully saturated rings. The third-order valence-electron chi connectivity index (χ3n) is 0.361. The van der Waals surface area contributed by atoms with Crippen molar-refractivity contribution < 1.29 is 4.74 Å². The Labute approximate surface area is 37.6 Å². The Balaban J connectivity index is 2.83. The van der Waals surface area contributed by atoms with Gasteiger partial charge in [-0.05, 0) is 6.92 Å². The summed E-state index contributed by atoms with van der Waals surface area (Å²) in [6.07, 6.45) is 0. The average Bonchev–Trinajstić information content (AvgIpc) is 1.35. The topological polar surface area (TPSA) is 33.1 Å². The number of ether oxygens (including phenoxy) is 1. The monoisotopic (exact) mass is 89.1 g/mol. The van der Waals surface area contributed by atoms with Gasteiger partial charge in [0, 0.05) is 6.92 Å². The van der Waals surface area contributed by atoms with Gasteiger partial charge in [-0.15, -0.1) is 0 Å². The summed E-state index contributed by atoms with van der Waals surface area (Å²) >= 11 is 0. The van der Waals surface area contributed by atoms with E-state index in [-0.39, 0.29) is 5.90 Å². The Kier molecular flexibility index (Phi) is 2.46. The average molecular weight is 89.1 g/mol. The van der Waals surface area contributed by atoms with E-state index in [0.29, 0.717) is 6.61 Å². The molecule has 0 unspecified atom stereocenters. The molecular weight excluding hydrogens is 80.0 g/mol. The summed E-state index contributed by atoms with van der Waals surface area (Å²) in [5.41, 5.74) is 0. The van der Waals surface area contributed by atoms with Crippen LogP contribution in [0.25, 0.3) is 0 Å². The lowest BCUT2D eigenvalue weighted by molar-refractivity contribution is 0.321. The van der Waals surface area contributed by atoms with Gasteiger partial charge in [-0.2, -0.15) is 0 Å². The van der Waals surface area contributed by atoms with Crippen LogP contribution in [0.5, 0.6) is 0 Å². The molecule has 36 valence electrons. The SMILES string of the molecule is CCO[13C]([13CH3])=N. The highest BCUT2D eigenvalue weighted by Crippen LogP contribution is 1.70. The predicted molar refractivity (Wildman–Crippen MR) is 25.0 cm³/mol. The summed E-state index contributed by atoms with van der Waals surface area (Å²) < 4.78 is 4.62. The summed E-state index contributed by atoms with van der Waals surface area (Å²) in [5.74, 6) is 0.289. The third-order valence-corrected chi connectivity index (χ3v) is 0.361. The molecule has 0 amide bonds. The van der Waals surface area contributed by atoms with Crippen LogP contribution >= 0.6 is 0 Å². The zero-order valence-electron chi connectivity index (χ0n) is 4.12. The van der Waals surface area contributed by atoms with Crippen LogP contribution in [0, 0.1) is 5.41 Å². The van der Waals surface area contributed by atoms with Crippen molar-refractivity contribution in [3.63, 3.8) is 0 Å². The maximum Gasteiger partial charge on any atom is 0.177 e. The predicted octanol–water partition coefficient (Wildman–Crippen LogP) is 1.02. The second kappa shape index (κ2) is 2.69. The lowest BCUT2D eigenvalue weighted by atomic mass is 10.9. The maximum atomic E-state index is 6.67. The van der Waals surface area contributed by atoms with Crippen molar-refractivity contribution in [2.45, 2.75) is 13.8 Å². The van der Waals surface area contributed by atoms with Crippen LogP contribution < -0.4 is 0 Å². The van der Waals surface area contributed by atoms with Crippen LogP contribution in [0.2, 0.25) is 0 Å². The molecule has 2 nitrogen and oxygen atoms in total. The van der Waals surface area contributed by atoms with E-state index in [0.717, 1.165) is 0 Å². The molecule has 0 atom stereocenters. The first-order valence-electron chi connectivity index (χ1n) is 1.95. The number of rotatable bonds is 1. The zero-order valence-corrected chi connectivity index (χ0v) is 4.12.